The molecule has 0 spiro atoms. The summed E-state index contributed by atoms with van der Waals surface area (Å²) in [5.41, 5.74) is 4.85. The van der Waals surface area contributed by atoms with Crippen LogP contribution in [0, 0.1) is 12.3 Å². The number of urea groups is 1. The predicted octanol–water partition coefficient (Wildman–Crippen LogP) is 5.46. The lowest BCUT2D eigenvalue weighted by molar-refractivity contribution is -0.129. The Labute approximate surface area is 299 Å². The largest absolute Gasteiger partial charge is 0.465 e. The van der Waals surface area contributed by atoms with E-state index in [1.54, 1.807) is 22.2 Å². The van der Waals surface area contributed by atoms with Gasteiger partial charge in [-0.15, -0.1) is 0 Å². The van der Waals surface area contributed by atoms with Crippen LogP contribution in [0.4, 0.5) is 9.59 Å². The fraction of sp³-hybridized carbons (Fsp3) is 0.375. The number of carboxylic acid groups (broad SMARTS) is 1. The van der Waals surface area contributed by atoms with Gasteiger partial charge in [-0.1, -0.05) is 81.4 Å². The van der Waals surface area contributed by atoms with Crippen LogP contribution >= 0.6 is 0 Å². The van der Waals surface area contributed by atoms with E-state index in [2.05, 4.69) is 20.6 Å². The summed E-state index contributed by atoms with van der Waals surface area (Å²) in [6.07, 6.45) is 1.80. The molecule has 0 radical (unpaired) electrons. The second-order valence-electron chi connectivity index (χ2n) is 14.3. The molecule has 0 saturated carbocycles. The summed E-state index contributed by atoms with van der Waals surface area (Å²) in [6.45, 7) is 8.91. The molecule has 4 amide bonds. The normalized spacial score (nSPS) is 15.6. The Morgan fingerprint density at radius 3 is 2.16 bits per heavy atom. The van der Waals surface area contributed by atoms with Crippen molar-refractivity contribution in [1.29, 1.82) is 0 Å². The van der Waals surface area contributed by atoms with E-state index in [9.17, 15) is 24.6 Å². The molecule has 5 rings (SSSR count). The minimum atomic E-state index is -1.25. The standard InChI is InChI=1S/C40H48N6O5/c1-27-9-8-12-32(42-27)26-45-21-22-46(39(45)51)36(40(2,3)4)37(48)43-33(23-28-10-6-5-7-11-28)25-35(47)34(44-38(49)50)24-29-13-15-30(16-14-29)31-17-19-41-20-18-31/h5-20,33-36,44,47H,21-26H2,1-4H3,(H,43,48)(H,49,50)/t33-,34-,35+,36+/m0/s1. The molecule has 2 aromatic carbocycles. The van der Waals surface area contributed by atoms with Gasteiger partial charge >= 0.3 is 12.1 Å². The summed E-state index contributed by atoms with van der Waals surface area (Å²) >= 11 is 0. The van der Waals surface area contributed by atoms with Crippen LogP contribution < -0.4 is 10.6 Å². The number of hydrogen-bond acceptors (Lipinski definition) is 6. The van der Waals surface area contributed by atoms with Crippen molar-refractivity contribution in [2.45, 2.75) is 77.7 Å². The Hall–Kier alpha value is -5.29. The number of carbonyl (C=O) groups excluding carboxylic acids is 2. The van der Waals surface area contributed by atoms with E-state index in [1.165, 1.54) is 0 Å². The van der Waals surface area contributed by atoms with E-state index < -0.39 is 35.7 Å². The summed E-state index contributed by atoms with van der Waals surface area (Å²) < 4.78 is 0. The van der Waals surface area contributed by atoms with Crippen molar-refractivity contribution in [3.8, 4) is 11.1 Å². The molecule has 3 heterocycles. The van der Waals surface area contributed by atoms with Crippen molar-refractivity contribution < 1.29 is 24.6 Å². The molecule has 51 heavy (non-hydrogen) atoms. The maximum atomic E-state index is 14.3. The number of amides is 4. The van der Waals surface area contributed by atoms with Gasteiger partial charge in [-0.3, -0.25) is 14.8 Å². The average Bonchev–Trinajstić information content (AvgIpc) is 3.43. The van der Waals surface area contributed by atoms with Gasteiger partial charge in [-0.05, 0) is 78.1 Å². The van der Waals surface area contributed by atoms with E-state index >= 15 is 0 Å². The molecular formula is C40H48N6O5. The fourth-order valence-corrected chi connectivity index (χ4v) is 6.77. The summed E-state index contributed by atoms with van der Waals surface area (Å²) in [7, 11) is 0. The topological polar surface area (TPSA) is 148 Å². The van der Waals surface area contributed by atoms with E-state index in [0.29, 0.717) is 26.1 Å². The average molecular weight is 693 g/mol. The number of pyridine rings is 2. The molecule has 11 nitrogen and oxygen atoms in total. The molecule has 1 aliphatic heterocycles. The lowest BCUT2D eigenvalue weighted by Crippen LogP contribution is -2.57. The van der Waals surface area contributed by atoms with Crippen molar-refractivity contribution in [2.75, 3.05) is 13.1 Å². The van der Waals surface area contributed by atoms with Crippen molar-refractivity contribution in [3.05, 3.63) is 120 Å². The third-order valence-electron chi connectivity index (χ3n) is 9.20. The molecule has 1 fully saturated rings. The zero-order valence-electron chi connectivity index (χ0n) is 29.7. The van der Waals surface area contributed by atoms with Gasteiger partial charge in [0.2, 0.25) is 5.91 Å². The minimum absolute atomic E-state index is 0.0800. The maximum absolute atomic E-state index is 14.3. The maximum Gasteiger partial charge on any atom is 0.404 e. The van der Waals surface area contributed by atoms with Crippen LogP contribution in [0.3, 0.4) is 0 Å². The Morgan fingerprint density at radius 1 is 0.843 bits per heavy atom. The van der Waals surface area contributed by atoms with Crippen LogP contribution in [0.25, 0.3) is 11.1 Å². The van der Waals surface area contributed by atoms with Crippen LogP contribution in [0.2, 0.25) is 0 Å². The van der Waals surface area contributed by atoms with Crippen molar-refractivity contribution >= 4 is 18.0 Å². The summed E-state index contributed by atoms with van der Waals surface area (Å²) in [5, 5.41) is 27.0. The molecule has 268 valence electrons. The predicted molar refractivity (Wildman–Crippen MR) is 196 cm³/mol. The van der Waals surface area contributed by atoms with Crippen LogP contribution in [-0.2, 0) is 24.2 Å². The first-order valence-electron chi connectivity index (χ1n) is 17.4. The van der Waals surface area contributed by atoms with E-state index in [-0.39, 0.29) is 24.8 Å². The second-order valence-corrected chi connectivity index (χ2v) is 14.3. The highest BCUT2D eigenvalue weighted by Crippen LogP contribution is 2.29. The SMILES string of the molecule is Cc1cccc(CN2CCN([C@H](C(=O)N[C@@H](Cc3ccccc3)C[C@@H](O)[C@H](Cc3ccc(-c4ccncc4)cc3)NC(=O)O)C(C)(C)C)C2=O)n1. The number of benzene rings is 2. The van der Waals surface area contributed by atoms with Crippen LogP contribution in [0.15, 0.2) is 97.3 Å². The summed E-state index contributed by atoms with van der Waals surface area (Å²) in [6, 6.07) is 24.5. The van der Waals surface area contributed by atoms with Gasteiger partial charge in [-0.25, -0.2) is 9.59 Å². The number of aromatic nitrogens is 2. The molecule has 2 aromatic heterocycles. The number of hydrogen-bond donors (Lipinski definition) is 4. The van der Waals surface area contributed by atoms with E-state index in [0.717, 1.165) is 33.6 Å². The molecule has 4 aromatic rings. The molecule has 0 unspecified atom stereocenters. The molecule has 0 bridgehead atoms. The fourth-order valence-electron chi connectivity index (χ4n) is 6.77. The van der Waals surface area contributed by atoms with E-state index in [4.69, 9.17) is 0 Å². The quantitative estimate of drug-likeness (QED) is 0.137. The Balaban J connectivity index is 1.33. The summed E-state index contributed by atoms with van der Waals surface area (Å²) in [4.78, 5) is 51.9. The van der Waals surface area contributed by atoms with E-state index in [1.807, 2.05) is 113 Å². The number of aryl methyl sites for hydroxylation is 1. The van der Waals surface area contributed by atoms with Crippen molar-refractivity contribution in [2.24, 2.45) is 5.41 Å². The molecule has 4 atom stereocenters. The van der Waals surface area contributed by atoms with Gasteiger partial charge in [0.05, 0.1) is 24.4 Å². The molecule has 4 N–H and O–H groups in total. The van der Waals surface area contributed by atoms with Gasteiger partial charge in [-0.2, -0.15) is 0 Å². The third-order valence-corrected chi connectivity index (χ3v) is 9.20. The number of aliphatic hydroxyl groups is 1. The number of nitrogens with one attached hydrogen (secondary N) is 2. The number of rotatable bonds is 14. The highest BCUT2D eigenvalue weighted by molar-refractivity contribution is 5.89. The zero-order valence-corrected chi connectivity index (χ0v) is 29.7. The minimum Gasteiger partial charge on any atom is -0.465 e. The Morgan fingerprint density at radius 2 is 1.51 bits per heavy atom. The highest BCUT2D eigenvalue weighted by atomic mass is 16.4. The Bertz CT molecular complexity index is 1760. The van der Waals surface area contributed by atoms with Gasteiger partial charge < -0.3 is 30.6 Å². The van der Waals surface area contributed by atoms with Crippen LogP contribution in [-0.4, -0.2) is 85.3 Å². The summed E-state index contributed by atoms with van der Waals surface area (Å²) in [5.74, 6) is -0.325. The first-order valence-corrected chi connectivity index (χ1v) is 17.4. The molecule has 11 heteroatoms. The van der Waals surface area contributed by atoms with Gasteiger partial charge in [0.1, 0.15) is 6.04 Å². The molecule has 1 aliphatic rings. The smallest absolute Gasteiger partial charge is 0.404 e. The first kappa shape index (κ1) is 37.0. The third kappa shape index (κ3) is 10.1. The zero-order chi connectivity index (χ0) is 36.5. The van der Waals surface area contributed by atoms with Gasteiger partial charge in [0, 0.05) is 37.2 Å². The number of nitrogens with zero attached hydrogens (tertiary/aromatic N) is 4. The molecule has 0 aliphatic carbocycles. The van der Waals surface area contributed by atoms with Crippen LogP contribution in [0.5, 0.6) is 0 Å². The van der Waals surface area contributed by atoms with Crippen molar-refractivity contribution in [3.63, 3.8) is 0 Å². The molecule has 1 saturated heterocycles. The lowest BCUT2D eigenvalue weighted by atomic mass is 9.84. The first-order chi connectivity index (χ1) is 24.4. The monoisotopic (exact) mass is 692 g/mol. The van der Waals surface area contributed by atoms with Gasteiger partial charge in [0.15, 0.2) is 0 Å². The number of aliphatic hydroxyl groups excluding tert-OH is 1. The highest BCUT2D eigenvalue weighted by Gasteiger charge is 2.44. The lowest BCUT2D eigenvalue weighted by Gasteiger charge is -2.38. The molecular weight excluding hydrogens is 644 g/mol. The number of carbonyl (C=O) groups is 3. The van der Waals surface area contributed by atoms with Gasteiger partial charge in [0.25, 0.3) is 0 Å². The second kappa shape index (κ2) is 16.6. The van der Waals surface area contributed by atoms with Crippen LogP contribution in [0.1, 0.15) is 49.7 Å². The Kier molecular flexibility index (Phi) is 12.0. The van der Waals surface area contributed by atoms with Crippen molar-refractivity contribution in [1.82, 2.24) is 30.4 Å².